The SMILES string of the molecule is [2H]OC(C([2H])CCCCCC)=S([2H])([2H])([2H])[2H]. The van der Waals surface area contributed by atoms with Crippen molar-refractivity contribution in [3.05, 3.63) is 0 Å². The van der Waals surface area contributed by atoms with Gasteiger partial charge in [-0.25, -0.2) is 0 Å². The van der Waals surface area contributed by atoms with Crippen LogP contribution >= 0.6 is 11.8 Å². The van der Waals surface area contributed by atoms with Gasteiger partial charge in [-0.2, -0.15) is 0 Å². The van der Waals surface area contributed by atoms with Crippen molar-refractivity contribution < 1.29 is 6.48 Å². The molecular formula is C8H20OS. The maximum absolute atomic E-state index is 7.61. The van der Waals surface area contributed by atoms with E-state index in [-0.39, 0.29) is 0 Å². The Morgan fingerprint density at radius 1 is 1.60 bits per heavy atom. The molecule has 1 unspecified atom stereocenters. The van der Waals surface area contributed by atoms with Gasteiger partial charge in [0.1, 0.15) is 0 Å². The van der Waals surface area contributed by atoms with Crippen molar-refractivity contribution in [3.63, 3.8) is 0 Å². The first kappa shape index (κ1) is 3.72. The van der Waals surface area contributed by atoms with E-state index in [1.807, 2.05) is 0 Å². The fraction of sp³-hybridized carbons (Fsp3) is 0.875. The standard InChI is InChI=1S/C8H20OS/c1-2-3-4-5-6-7-8(9)10/h9H,2-7H2,1H3,10H4/i7D,10D4/hD. The predicted octanol–water partition coefficient (Wildman–Crippen LogP) is 2.16. The van der Waals surface area contributed by atoms with Crippen LogP contribution in [0.2, 0.25) is 0 Å². The number of aliphatic hydroxyl groups excluding tert-OH is 1. The van der Waals surface area contributed by atoms with E-state index in [1.165, 1.54) is 0 Å². The Hall–Kier alpha value is 0.180. The van der Waals surface area contributed by atoms with E-state index in [0.717, 1.165) is 25.7 Å². The van der Waals surface area contributed by atoms with Crippen LogP contribution in [0.5, 0.6) is 0 Å². The summed E-state index contributed by atoms with van der Waals surface area (Å²) in [4.78, 5) is 0. The lowest BCUT2D eigenvalue weighted by atomic mass is 10.1. The minimum atomic E-state index is -4.82. The molecule has 2 heteroatoms. The summed E-state index contributed by atoms with van der Waals surface area (Å²) >= 11 is -4.82. The largest absolute Gasteiger partial charge is 0.362 e. The molecule has 0 aromatic rings. The maximum Gasteiger partial charge on any atom is 0.218 e. The first-order valence-electron chi connectivity index (χ1n) is 6.43. The third kappa shape index (κ3) is 8.18. The van der Waals surface area contributed by atoms with Crippen molar-refractivity contribution in [2.45, 2.75) is 45.4 Å². The molecule has 0 spiro atoms. The van der Waals surface area contributed by atoms with Crippen LogP contribution in [0.25, 0.3) is 1.43 Å². The molecule has 0 heterocycles. The number of hydrogen-bond donors (Lipinski definition) is 1. The second kappa shape index (κ2) is 7.29. The molecule has 0 bridgehead atoms. The summed E-state index contributed by atoms with van der Waals surface area (Å²) < 4.78 is 43.1. The lowest BCUT2D eigenvalue weighted by molar-refractivity contribution is 0.534. The van der Waals surface area contributed by atoms with Gasteiger partial charge in [-0.05, 0) is 12.8 Å². The summed E-state index contributed by atoms with van der Waals surface area (Å²) in [6, 6.07) is 0. The minimum absolute atomic E-state index is 0.343. The van der Waals surface area contributed by atoms with Crippen molar-refractivity contribution in [3.8, 4) is 0 Å². The smallest absolute Gasteiger partial charge is 0.218 e. The zero-order valence-corrected chi connectivity index (χ0v) is 7.25. The Morgan fingerprint density at radius 2 is 2.40 bits per heavy atom. The molecule has 0 aliphatic carbocycles. The van der Waals surface area contributed by atoms with Gasteiger partial charge in [-0.3, -0.25) is 11.8 Å². The third-order valence-electron chi connectivity index (χ3n) is 1.37. The summed E-state index contributed by atoms with van der Waals surface area (Å²) in [5.74, 6) is 0. The van der Waals surface area contributed by atoms with E-state index in [0.29, 0.717) is 6.42 Å². The fourth-order valence-corrected chi connectivity index (χ4v) is 0.909. The Bertz CT molecular complexity index is 263. The Balaban J connectivity index is 4.47. The van der Waals surface area contributed by atoms with E-state index in [1.54, 1.807) is 0 Å². The van der Waals surface area contributed by atoms with Crippen LogP contribution in [-0.4, -0.2) is 14.7 Å². The first-order valence-corrected chi connectivity index (χ1v) is 4.22. The molecule has 0 fully saturated rings. The molecule has 0 rings (SSSR count). The van der Waals surface area contributed by atoms with Crippen molar-refractivity contribution >= 4 is 16.9 Å². The van der Waals surface area contributed by atoms with Crippen LogP contribution in [0.1, 0.15) is 46.8 Å². The average molecular weight is 170 g/mol. The van der Waals surface area contributed by atoms with Gasteiger partial charge < -0.3 is 5.11 Å². The molecule has 0 aromatic carbocycles. The van der Waals surface area contributed by atoms with Gasteiger partial charge in [0.05, 0.1) is 4.50 Å². The Kier molecular flexibility index (Phi) is 2.71. The lowest BCUT2D eigenvalue weighted by Crippen LogP contribution is -1.90. The summed E-state index contributed by atoms with van der Waals surface area (Å²) in [5.41, 5.74) is 0. The molecule has 0 saturated heterocycles. The van der Waals surface area contributed by atoms with E-state index in [9.17, 15) is 0 Å². The number of rotatable bonds is 6. The zero-order valence-electron chi connectivity index (χ0n) is 12.4. The van der Waals surface area contributed by atoms with E-state index in [4.69, 9.17) is 7.30 Å². The molecule has 1 nitrogen and oxygen atoms in total. The van der Waals surface area contributed by atoms with E-state index >= 15 is 0 Å². The van der Waals surface area contributed by atoms with Crippen LogP contribution in [0.4, 0.5) is 0 Å². The second-order valence-corrected chi connectivity index (χ2v) is 2.77. The van der Waals surface area contributed by atoms with E-state index in [2.05, 4.69) is 12.0 Å². The normalized spacial score (nSPS) is 27.1. The van der Waals surface area contributed by atoms with Gasteiger partial charge in [0.25, 0.3) is 0 Å². The lowest BCUT2D eigenvalue weighted by Gasteiger charge is -1.97. The molecule has 1 N–H and O–H groups in total. The van der Waals surface area contributed by atoms with Crippen LogP contribution in [0.3, 0.4) is 0 Å². The van der Waals surface area contributed by atoms with Gasteiger partial charge >= 0.3 is 0 Å². The van der Waals surface area contributed by atoms with Crippen molar-refractivity contribution in [1.82, 2.24) is 0 Å². The van der Waals surface area contributed by atoms with Gasteiger partial charge in [0.2, 0.25) is 1.43 Å². The molecule has 0 aromatic heterocycles. The molecular weight excluding hydrogens is 144 g/mol. The first-order chi connectivity index (χ1) is 7.19. The third-order valence-corrected chi connectivity index (χ3v) is 1.54. The van der Waals surface area contributed by atoms with E-state index < -0.39 is 23.3 Å². The fourth-order valence-electron chi connectivity index (χ4n) is 0.791. The predicted molar refractivity (Wildman–Crippen MR) is 54.2 cm³/mol. The summed E-state index contributed by atoms with van der Waals surface area (Å²) in [7, 11) is 0. The average Bonchev–Trinajstić information content (AvgIpc) is 2.09. The van der Waals surface area contributed by atoms with Crippen molar-refractivity contribution in [1.29, 1.82) is 5.93 Å². The van der Waals surface area contributed by atoms with Crippen molar-refractivity contribution in [2.75, 3.05) is 0 Å². The number of aliphatic hydroxyl groups is 1. The van der Waals surface area contributed by atoms with Gasteiger partial charge in [0.15, 0.2) is 0 Å². The van der Waals surface area contributed by atoms with Gasteiger partial charge in [-0.15, -0.1) is 0 Å². The highest BCUT2D eigenvalue weighted by Crippen LogP contribution is 2.04. The van der Waals surface area contributed by atoms with Crippen LogP contribution in [0.15, 0.2) is 0 Å². The molecule has 64 valence electrons. The molecule has 1 atom stereocenters. The monoisotopic (exact) mass is 170 g/mol. The molecule has 0 aliphatic rings. The van der Waals surface area contributed by atoms with Gasteiger partial charge in [0, 0.05) is 6.42 Å². The molecule has 10 heavy (non-hydrogen) atoms. The Morgan fingerprint density at radius 3 is 3.00 bits per heavy atom. The van der Waals surface area contributed by atoms with Crippen molar-refractivity contribution in [2.24, 2.45) is 0 Å². The number of hydrogen-bond acceptors (Lipinski definition) is 1. The minimum Gasteiger partial charge on any atom is -0.362 e. The highest BCUT2D eigenvalue weighted by atomic mass is 32.1. The second-order valence-electron chi connectivity index (χ2n) is 2.37. The quantitative estimate of drug-likeness (QED) is 0.478. The molecule has 0 aliphatic heterocycles. The molecule has 0 saturated carbocycles. The zero-order chi connectivity index (χ0) is 12.8. The molecule has 0 radical (unpaired) electrons. The van der Waals surface area contributed by atoms with Crippen LogP contribution in [-0.2, 0) is 0 Å². The molecule has 0 amide bonds. The van der Waals surface area contributed by atoms with Crippen LogP contribution < -0.4 is 0 Å². The highest BCUT2D eigenvalue weighted by Gasteiger charge is 1.89. The topological polar surface area (TPSA) is 20.2 Å². The van der Waals surface area contributed by atoms with Crippen LogP contribution in [0, 0.1) is 0 Å². The maximum atomic E-state index is 7.61. The van der Waals surface area contributed by atoms with Gasteiger partial charge in [-0.1, -0.05) is 32.6 Å². The highest BCUT2D eigenvalue weighted by molar-refractivity contribution is 7.80. The summed E-state index contributed by atoms with van der Waals surface area (Å²) in [6.45, 7) is 2.06. The summed E-state index contributed by atoms with van der Waals surface area (Å²) in [5, 5.41) is 3.36. The Labute approximate surface area is 75.7 Å². The summed E-state index contributed by atoms with van der Waals surface area (Å²) in [6.07, 6.45) is 3.06. The number of unbranched alkanes of at least 4 members (excludes halogenated alkanes) is 3.